The lowest BCUT2D eigenvalue weighted by Crippen LogP contribution is -2.56. The van der Waals surface area contributed by atoms with Crippen LogP contribution in [0.25, 0.3) is 0 Å². The van der Waals surface area contributed by atoms with Gasteiger partial charge in [0.1, 0.15) is 29.5 Å². The van der Waals surface area contributed by atoms with Crippen molar-refractivity contribution in [2.24, 2.45) is 0 Å². The number of amides is 1. The molecule has 7 nitrogen and oxygen atoms in total. The van der Waals surface area contributed by atoms with Crippen molar-refractivity contribution in [3.8, 4) is 5.75 Å². The summed E-state index contributed by atoms with van der Waals surface area (Å²) in [5.74, 6) is -0.397. The molecule has 3 N–H and O–H groups in total. The van der Waals surface area contributed by atoms with Gasteiger partial charge in [-0.25, -0.2) is 4.39 Å². The van der Waals surface area contributed by atoms with Crippen LogP contribution in [-0.4, -0.2) is 69.5 Å². The lowest BCUT2D eigenvalue weighted by atomic mass is 10.0. The molecule has 0 bridgehead atoms. The number of aliphatic hydroxyl groups excluding tert-OH is 2. The second-order valence-corrected chi connectivity index (χ2v) is 7.89. The number of aliphatic hydroxyl groups is 2. The molecule has 0 radical (unpaired) electrons. The van der Waals surface area contributed by atoms with Crippen LogP contribution in [0.15, 0.2) is 48.7 Å². The number of carbonyl (C=O) groups excluding carboxylic acids is 1. The number of hydrogen-bond acceptors (Lipinski definition) is 6. The summed E-state index contributed by atoms with van der Waals surface area (Å²) in [4.78, 5) is 18.9. The Balaban J connectivity index is 1.52. The summed E-state index contributed by atoms with van der Waals surface area (Å²) in [6.45, 7) is 1.23. The number of aromatic nitrogens is 1. The standard InChI is InChI=1S/C22H26FN3O4/c23-14-4-3-5-16(12-14)30-19-13-18(25-22(29)17-6-1-2-9-24-17)20(21(19)28)26-10-7-15(27)8-11-26/h1-6,9,12,15,18-21,27-28H,7-8,10-11,13H2,(H,25,29)/t18-,19-,20+,21+/m1/s1. The molecule has 2 heterocycles. The van der Waals surface area contributed by atoms with Crippen LogP contribution in [0.1, 0.15) is 29.8 Å². The zero-order chi connectivity index (χ0) is 21.1. The average molecular weight is 415 g/mol. The fourth-order valence-corrected chi connectivity index (χ4v) is 4.36. The third-order valence-electron chi connectivity index (χ3n) is 5.85. The summed E-state index contributed by atoms with van der Waals surface area (Å²) >= 11 is 0. The van der Waals surface area contributed by atoms with Crippen molar-refractivity contribution in [1.82, 2.24) is 15.2 Å². The highest BCUT2D eigenvalue weighted by molar-refractivity contribution is 5.92. The molecule has 8 heteroatoms. The Labute approximate surface area is 174 Å². The largest absolute Gasteiger partial charge is 0.487 e. The van der Waals surface area contributed by atoms with Crippen LogP contribution < -0.4 is 10.1 Å². The first-order valence-corrected chi connectivity index (χ1v) is 10.3. The molecule has 1 aliphatic heterocycles. The summed E-state index contributed by atoms with van der Waals surface area (Å²) in [6, 6.07) is 10.2. The number of piperidine rings is 1. The molecular weight excluding hydrogens is 389 g/mol. The van der Waals surface area contributed by atoms with Crippen molar-refractivity contribution >= 4 is 5.91 Å². The minimum atomic E-state index is -0.877. The Bertz CT molecular complexity index is 860. The number of pyridine rings is 1. The molecule has 2 fully saturated rings. The smallest absolute Gasteiger partial charge is 0.270 e. The molecule has 2 aromatic rings. The van der Waals surface area contributed by atoms with Gasteiger partial charge in [0.05, 0.1) is 18.2 Å². The first-order chi connectivity index (χ1) is 14.5. The molecule has 1 aliphatic carbocycles. The minimum Gasteiger partial charge on any atom is -0.487 e. The maximum absolute atomic E-state index is 13.5. The number of halogens is 1. The van der Waals surface area contributed by atoms with Crippen LogP contribution in [0.4, 0.5) is 4.39 Å². The van der Waals surface area contributed by atoms with E-state index in [0.717, 1.165) is 0 Å². The number of hydrogen-bond donors (Lipinski definition) is 3. The van der Waals surface area contributed by atoms with Crippen LogP contribution in [0, 0.1) is 5.82 Å². The van der Waals surface area contributed by atoms with Crippen molar-refractivity contribution in [3.63, 3.8) is 0 Å². The Kier molecular flexibility index (Phi) is 6.26. The fourth-order valence-electron chi connectivity index (χ4n) is 4.36. The quantitative estimate of drug-likeness (QED) is 0.683. The minimum absolute atomic E-state index is 0.300. The molecule has 30 heavy (non-hydrogen) atoms. The van der Waals surface area contributed by atoms with Gasteiger partial charge >= 0.3 is 0 Å². The van der Waals surface area contributed by atoms with Crippen LogP contribution in [-0.2, 0) is 0 Å². The van der Waals surface area contributed by atoms with Gasteiger partial charge in [-0.1, -0.05) is 12.1 Å². The van der Waals surface area contributed by atoms with Crippen LogP contribution in [0.2, 0.25) is 0 Å². The predicted molar refractivity (Wildman–Crippen MR) is 108 cm³/mol. The second kappa shape index (κ2) is 9.07. The summed E-state index contributed by atoms with van der Waals surface area (Å²) in [7, 11) is 0. The number of nitrogens with one attached hydrogen (secondary N) is 1. The highest BCUT2D eigenvalue weighted by Gasteiger charge is 2.48. The van der Waals surface area contributed by atoms with E-state index < -0.39 is 18.0 Å². The number of benzene rings is 1. The Morgan fingerprint density at radius 2 is 1.97 bits per heavy atom. The molecule has 1 amide bonds. The number of rotatable bonds is 5. The van der Waals surface area contributed by atoms with Gasteiger partial charge in [0.2, 0.25) is 0 Å². The van der Waals surface area contributed by atoms with Gasteiger partial charge in [-0.15, -0.1) is 0 Å². The molecule has 1 aromatic carbocycles. The van der Waals surface area contributed by atoms with Gasteiger partial charge in [-0.05, 0) is 37.1 Å². The van der Waals surface area contributed by atoms with Gasteiger partial charge < -0.3 is 20.3 Å². The normalized spacial score (nSPS) is 27.7. The molecule has 1 saturated heterocycles. The molecule has 0 spiro atoms. The van der Waals surface area contributed by atoms with Crippen molar-refractivity contribution in [3.05, 3.63) is 60.2 Å². The van der Waals surface area contributed by atoms with Gasteiger partial charge in [-0.3, -0.25) is 14.7 Å². The summed E-state index contributed by atoms with van der Waals surface area (Å²) in [5, 5.41) is 23.9. The van der Waals surface area contributed by atoms with E-state index in [-0.39, 0.29) is 24.1 Å². The fraction of sp³-hybridized carbons (Fsp3) is 0.455. The van der Waals surface area contributed by atoms with E-state index in [1.165, 1.54) is 12.1 Å². The zero-order valence-corrected chi connectivity index (χ0v) is 16.5. The maximum atomic E-state index is 13.5. The Hall–Kier alpha value is -2.55. The summed E-state index contributed by atoms with van der Waals surface area (Å²) in [6.07, 6.45) is 1.33. The van der Waals surface area contributed by atoms with Gasteiger partial charge in [0, 0.05) is 31.8 Å². The van der Waals surface area contributed by atoms with E-state index in [1.54, 1.807) is 36.5 Å². The number of carbonyl (C=O) groups is 1. The monoisotopic (exact) mass is 415 g/mol. The SMILES string of the molecule is O=C(N[C@@H]1C[C@@H](Oc2cccc(F)c2)[C@H](O)[C@H]1N1CCC(O)CC1)c1ccccn1. The maximum Gasteiger partial charge on any atom is 0.270 e. The van der Waals surface area contributed by atoms with E-state index in [0.29, 0.717) is 43.8 Å². The van der Waals surface area contributed by atoms with Crippen molar-refractivity contribution in [1.29, 1.82) is 0 Å². The number of ether oxygens (including phenoxy) is 1. The number of likely N-dealkylation sites (tertiary alicyclic amines) is 1. The third-order valence-corrected chi connectivity index (χ3v) is 5.85. The molecule has 1 saturated carbocycles. The average Bonchev–Trinajstić information content (AvgIpc) is 3.04. The predicted octanol–water partition coefficient (Wildman–Crippen LogP) is 1.36. The van der Waals surface area contributed by atoms with Gasteiger partial charge in [-0.2, -0.15) is 0 Å². The van der Waals surface area contributed by atoms with E-state index in [2.05, 4.69) is 15.2 Å². The van der Waals surface area contributed by atoms with Crippen molar-refractivity contribution in [2.75, 3.05) is 13.1 Å². The van der Waals surface area contributed by atoms with Gasteiger partial charge in [0.15, 0.2) is 0 Å². The molecule has 2 aliphatic rings. The molecule has 1 aromatic heterocycles. The van der Waals surface area contributed by atoms with Gasteiger partial charge in [0.25, 0.3) is 5.91 Å². The van der Waals surface area contributed by atoms with E-state index >= 15 is 0 Å². The molecule has 160 valence electrons. The Morgan fingerprint density at radius 1 is 1.17 bits per heavy atom. The molecule has 4 atom stereocenters. The van der Waals surface area contributed by atoms with Crippen LogP contribution >= 0.6 is 0 Å². The topological polar surface area (TPSA) is 94.9 Å². The third kappa shape index (κ3) is 4.61. The van der Waals surface area contributed by atoms with E-state index in [9.17, 15) is 19.4 Å². The highest BCUT2D eigenvalue weighted by Crippen LogP contribution is 2.31. The van der Waals surface area contributed by atoms with Crippen molar-refractivity contribution < 1.29 is 24.1 Å². The van der Waals surface area contributed by atoms with Crippen LogP contribution in [0.3, 0.4) is 0 Å². The van der Waals surface area contributed by atoms with Crippen LogP contribution in [0.5, 0.6) is 5.75 Å². The Morgan fingerprint density at radius 3 is 2.67 bits per heavy atom. The lowest BCUT2D eigenvalue weighted by molar-refractivity contribution is -0.0145. The summed E-state index contributed by atoms with van der Waals surface area (Å²) in [5.41, 5.74) is 0.300. The van der Waals surface area contributed by atoms with E-state index in [4.69, 9.17) is 4.74 Å². The zero-order valence-electron chi connectivity index (χ0n) is 16.5. The molecule has 0 unspecified atom stereocenters. The second-order valence-electron chi connectivity index (χ2n) is 7.89. The first-order valence-electron chi connectivity index (χ1n) is 10.3. The lowest BCUT2D eigenvalue weighted by Gasteiger charge is -2.38. The van der Waals surface area contributed by atoms with Crippen molar-refractivity contribution in [2.45, 2.75) is 49.7 Å². The molecule has 4 rings (SSSR count). The first kappa shape index (κ1) is 20.7. The summed E-state index contributed by atoms with van der Waals surface area (Å²) < 4.78 is 19.4. The highest BCUT2D eigenvalue weighted by atomic mass is 19.1. The van der Waals surface area contributed by atoms with E-state index in [1.807, 2.05) is 0 Å². The molecular formula is C22H26FN3O4. The number of nitrogens with zero attached hydrogens (tertiary/aromatic N) is 2.